The number of Topliss-reactive ketones (excluding diaryl/α,β-unsaturated/α-hetero) is 1. The number of benzene rings is 2. The molecule has 6 heteroatoms. The molecule has 4 nitrogen and oxygen atoms in total. The van der Waals surface area contributed by atoms with Gasteiger partial charge in [0, 0.05) is 47.4 Å². The van der Waals surface area contributed by atoms with Crippen LogP contribution >= 0.6 is 0 Å². The van der Waals surface area contributed by atoms with Gasteiger partial charge in [-0.3, -0.25) is 4.79 Å². The predicted octanol–water partition coefficient (Wildman–Crippen LogP) is 9.03. The molecule has 2 aromatic rings. The molecule has 5 rings (SSSR count). The van der Waals surface area contributed by atoms with Crippen LogP contribution in [0.2, 0.25) is 0 Å². The lowest BCUT2D eigenvalue weighted by Crippen LogP contribution is -2.30. The molecule has 3 unspecified atom stereocenters. The highest BCUT2D eigenvalue weighted by molar-refractivity contribution is 6.00. The Morgan fingerprint density at radius 3 is 2.50 bits per heavy atom. The van der Waals surface area contributed by atoms with Gasteiger partial charge in [-0.15, -0.1) is 0 Å². The molecule has 0 spiro atoms. The van der Waals surface area contributed by atoms with E-state index in [-0.39, 0.29) is 35.1 Å². The van der Waals surface area contributed by atoms with Gasteiger partial charge in [0.05, 0.1) is 0 Å². The number of fused-ring (bicyclic) bond motifs is 1. The van der Waals surface area contributed by atoms with Crippen molar-refractivity contribution in [1.82, 2.24) is 5.32 Å². The van der Waals surface area contributed by atoms with Gasteiger partial charge in [0.2, 0.25) is 0 Å². The molecule has 226 valence electrons. The van der Waals surface area contributed by atoms with E-state index < -0.39 is 6.43 Å². The third-order valence-electron chi connectivity index (χ3n) is 10.0. The van der Waals surface area contributed by atoms with Crippen molar-refractivity contribution in [2.45, 2.75) is 103 Å². The summed E-state index contributed by atoms with van der Waals surface area (Å²) in [6.07, 6.45) is 9.05. The van der Waals surface area contributed by atoms with Gasteiger partial charge in [-0.25, -0.2) is 8.78 Å². The zero-order valence-electron chi connectivity index (χ0n) is 25.2. The highest BCUT2D eigenvalue weighted by Crippen LogP contribution is 2.45. The molecule has 0 aromatic heterocycles. The summed E-state index contributed by atoms with van der Waals surface area (Å²) in [5, 5.41) is 20.3. The molecule has 0 radical (unpaired) electrons. The van der Waals surface area contributed by atoms with E-state index in [0.29, 0.717) is 41.5 Å². The predicted molar refractivity (Wildman–Crippen MR) is 166 cm³/mol. The van der Waals surface area contributed by atoms with Crippen molar-refractivity contribution >= 4 is 17.7 Å². The van der Waals surface area contributed by atoms with Gasteiger partial charge in [-0.2, -0.15) is 0 Å². The molecule has 42 heavy (non-hydrogen) atoms. The third-order valence-corrected chi connectivity index (χ3v) is 10.0. The number of carbonyl (C=O) groups excluding carboxylic acids is 1. The maximum Gasteiger partial charge on any atom is 0.264 e. The first-order chi connectivity index (χ1) is 20.3. The summed E-state index contributed by atoms with van der Waals surface area (Å²) in [5.74, 6) is 1.13. The molecule has 3 aliphatic carbocycles. The second-order valence-corrected chi connectivity index (χ2v) is 13.2. The number of carbonyl (C=O) groups is 1. The van der Waals surface area contributed by atoms with Crippen molar-refractivity contribution in [2.75, 3.05) is 6.54 Å². The largest absolute Gasteiger partial charge is 0.312 e. The lowest BCUT2D eigenvalue weighted by Gasteiger charge is -2.29. The van der Waals surface area contributed by atoms with E-state index in [1.807, 2.05) is 13.0 Å². The van der Waals surface area contributed by atoms with Crippen LogP contribution in [-0.4, -0.2) is 24.3 Å². The van der Waals surface area contributed by atoms with Crippen LogP contribution in [-0.2, 0) is 12.8 Å². The molecule has 2 fully saturated rings. The van der Waals surface area contributed by atoms with E-state index in [1.54, 1.807) is 6.07 Å². The van der Waals surface area contributed by atoms with E-state index in [9.17, 15) is 13.6 Å². The normalized spacial score (nSPS) is 21.0. The third kappa shape index (κ3) is 7.07. The lowest BCUT2D eigenvalue weighted by atomic mass is 9.77. The number of halogens is 2. The first kappa shape index (κ1) is 30.7. The lowest BCUT2D eigenvalue weighted by molar-refractivity contribution is 0.0943. The number of rotatable bonds is 15. The summed E-state index contributed by atoms with van der Waals surface area (Å²) >= 11 is 0. The summed E-state index contributed by atoms with van der Waals surface area (Å²) in [7, 11) is 0. The quantitative estimate of drug-likeness (QED) is 0.185. The second-order valence-electron chi connectivity index (χ2n) is 13.2. The molecule has 0 saturated heterocycles. The maximum absolute atomic E-state index is 14.3. The molecule has 2 aromatic carbocycles. The molecule has 2 saturated carbocycles. The number of nitrogens with one attached hydrogen (secondary N) is 3. The van der Waals surface area contributed by atoms with Crippen molar-refractivity contribution in [3.05, 3.63) is 69.8 Å². The van der Waals surface area contributed by atoms with Gasteiger partial charge < -0.3 is 16.1 Å². The molecular weight excluding hydrogens is 528 g/mol. The van der Waals surface area contributed by atoms with Crippen LogP contribution in [0, 0.1) is 34.5 Å². The van der Waals surface area contributed by atoms with E-state index in [2.05, 4.69) is 36.5 Å². The fraction of sp³-hybridized carbons (Fsp3) is 0.583. The van der Waals surface area contributed by atoms with Crippen molar-refractivity contribution < 1.29 is 13.6 Å². The van der Waals surface area contributed by atoms with Gasteiger partial charge in [0.25, 0.3) is 6.43 Å². The van der Waals surface area contributed by atoms with Crippen LogP contribution in [0.4, 0.5) is 8.78 Å². The van der Waals surface area contributed by atoms with Gasteiger partial charge in [0.1, 0.15) is 0 Å². The van der Waals surface area contributed by atoms with E-state index >= 15 is 0 Å². The summed E-state index contributed by atoms with van der Waals surface area (Å²) in [5.41, 5.74) is 4.84. The SMILES string of the molecule is CCCC(C=N)C(=N)C(c1cccc(CCC2CC(=O)c3cc([C@@H](C)NCC4CCC4)cc(C(F)F)c3C2)c1)C1CC1. The first-order valence-corrected chi connectivity index (χ1v) is 16.2. The monoisotopic (exact) mass is 575 g/mol. The van der Waals surface area contributed by atoms with Crippen LogP contribution in [0.1, 0.15) is 128 Å². The fourth-order valence-electron chi connectivity index (χ4n) is 7.05. The van der Waals surface area contributed by atoms with E-state index in [1.165, 1.54) is 31.0 Å². The maximum atomic E-state index is 14.3. The minimum Gasteiger partial charge on any atom is -0.312 e. The summed E-state index contributed by atoms with van der Waals surface area (Å²) in [6.45, 7) is 5.00. The van der Waals surface area contributed by atoms with Gasteiger partial charge in [0.15, 0.2) is 5.78 Å². The molecule has 0 bridgehead atoms. The number of hydrogen-bond donors (Lipinski definition) is 3. The zero-order valence-corrected chi connectivity index (χ0v) is 25.2. The van der Waals surface area contributed by atoms with Gasteiger partial charge in [-0.1, -0.05) is 44.0 Å². The molecule has 0 heterocycles. The van der Waals surface area contributed by atoms with Crippen LogP contribution in [0.5, 0.6) is 0 Å². The van der Waals surface area contributed by atoms with Crippen LogP contribution in [0.15, 0.2) is 36.4 Å². The van der Waals surface area contributed by atoms with Gasteiger partial charge >= 0.3 is 0 Å². The molecule has 0 aliphatic heterocycles. The topological polar surface area (TPSA) is 76.8 Å². The molecule has 3 aliphatic rings. The Morgan fingerprint density at radius 1 is 1.07 bits per heavy atom. The van der Waals surface area contributed by atoms with E-state index in [0.717, 1.165) is 56.2 Å². The number of hydrogen-bond acceptors (Lipinski definition) is 4. The first-order valence-electron chi connectivity index (χ1n) is 16.2. The van der Waals surface area contributed by atoms with Crippen LogP contribution in [0.25, 0.3) is 0 Å². The Hall–Kier alpha value is -2.73. The van der Waals surface area contributed by atoms with Crippen molar-refractivity contribution in [3.8, 4) is 0 Å². The Kier molecular flexibility index (Phi) is 10.0. The minimum atomic E-state index is -2.60. The Balaban J connectivity index is 1.27. The molecule has 0 amide bonds. The van der Waals surface area contributed by atoms with Crippen molar-refractivity contribution in [1.29, 1.82) is 10.8 Å². The number of aryl methyl sites for hydroxylation is 1. The summed E-state index contributed by atoms with van der Waals surface area (Å²) in [4.78, 5) is 13.3. The highest BCUT2D eigenvalue weighted by atomic mass is 19.3. The second kappa shape index (κ2) is 13.7. The smallest absolute Gasteiger partial charge is 0.264 e. The summed E-state index contributed by atoms with van der Waals surface area (Å²) in [6, 6.07) is 11.9. The van der Waals surface area contributed by atoms with E-state index in [4.69, 9.17) is 10.8 Å². The molecule has 4 atom stereocenters. The van der Waals surface area contributed by atoms with Crippen molar-refractivity contribution in [2.24, 2.45) is 23.7 Å². The van der Waals surface area contributed by atoms with Crippen LogP contribution in [0.3, 0.4) is 0 Å². The number of ketones is 1. The average Bonchev–Trinajstić information content (AvgIpc) is 3.79. The zero-order chi connectivity index (χ0) is 29.8. The standard InChI is InChI=1S/C36H47F2N3O/c1-3-6-28(20-39)35(40)34(26-13-14-26)27-10-5-7-23(15-27)11-12-25-16-30-31(33(42)17-25)18-29(19-32(30)36(37)38)22(2)41-21-24-8-4-9-24/h5,7,10,15,18-20,22,24-26,28,34,36,39-41H,3-4,6,8-9,11-14,16-17,21H2,1-2H3/t22-,25?,28?,34?/m1/s1. The molecular formula is C36H47F2N3O. The Labute approximate surface area is 250 Å². The minimum absolute atomic E-state index is 0.0131. The Bertz CT molecular complexity index is 1280. The van der Waals surface area contributed by atoms with Crippen LogP contribution < -0.4 is 5.32 Å². The highest BCUT2D eigenvalue weighted by Gasteiger charge is 2.37. The van der Waals surface area contributed by atoms with Crippen molar-refractivity contribution in [3.63, 3.8) is 0 Å². The number of alkyl halides is 2. The molecule has 3 N–H and O–H groups in total. The Morgan fingerprint density at radius 2 is 1.86 bits per heavy atom. The van der Waals surface area contributed by atoms with Gasteiger partial charge in [-0.05, 0) is 117 Å². The average molecular weight is 576 g/mol. The fourth-order valence-corrected chi connectivity index (χ4v) is 7.05. The summed E-state index contributed by atoms with van der Waals surface area (Å²) < 4.78 is 28.6.